The van der Waals surface area contributed by atoms with E-state index in [1.807, 2.05) is 6.07 Å². The topological polar surface area (TPSA) is 83.1 Å². The number of hydrogen-bond donors (Lipinski definition) is 1. The van der Waals surface area contributed by atoms with Crippen LogP contribution < -0.4 is 5.32 Å². The summed E-state index contributed by atoms with van der Waals surface area (Å²) in [6.07, 6.45) is -2.26. The smallest absolute Gasteiger partial charge is 0.339 e. The maximum absolute atomic E-state index is 13.2. The van der Waals surface area contributed by atoms with Crippen molar-refractivity contribution in [1.82, 2.24) is 19.7 Å². The SMILES string of the molecule is Cc1cc(-c2csc(C#N)c2)nc2c(C(=O)NC(C3CC3)C(F)(F)F)ncn12. The van der Waals surface area contributed by atoms with Crippen LogP contribution >= 0.6 is 11.3 Å². The number of nitriles is 1. The number of hydrogen-bond acceptors (Lipinski definition) is 5. The number of nitrogens with one attached hydrogen (secondary N) is 1. The summed E-state index contributed by atoms with van der Waals surface area (Å²) < 4.78 is 41.2. The summed E-state index contributed by atoms with van der Waals surface area (Å²) in [5.41, 5.74) is 1.95. The summed E-state index contributed by atoms with van der Waals surface area (Å²) in [5.74, 6) is -1.48. The highest BCUT2D eigenvalue weighted by Crippen LogP contribution is 2.40. The molecule has 1 aliphatic rings. The normalized spacial score (nSPS) is 15.4. The molecular formula is C18H14F3N5OS. The molecule has 0 saturated heterocycles. The highest BCUT2D eigenvalue weighted by atomic mass is 32.1. The predicted octanol–water partition coefficient (Wildman–Crippen LogP) is 3.71. The van der Waals surface area contributed by atoms with Crippen molar-refractivity contribution in [2.24, 2.45) is 5.92 Å². The minimum Gasteiger partial charge on any atom is -0.339 e. The fraction of sp³-hybridized carbons (Fsp3) is 0.333. The number of alkyl halides is 3. The van der Waals surface area contributed by atoms with Crippen molar-refractivity contribution in [2.75, 3.05) is 0 Å². The number of aromatic nitrogens is 3. The van der Waals surface area contributed by atoms with E-state index in [-0.39, 0.29) is 11.3 Å². The highest BCUT2D eigenvalue weighted by molar-refractivity contribution is 7.10. The Bertz CT molecular complexity index is 1110. The van der Waals surface area contributed by atoms with Crippen LogP contribution in [0.4, 0.5) is 13.2 Å². The third-order valence-electron chi connectivity index (χ3n) is 4.65. The van der Waals surface area contributed by atoms with Crippen molar-refractivity contribution in [1.29, 1.82) is 5.26 Å². The van der Waals surface area contributed by atoms with E-state index in [1.165, 1.54) is 17.7 Å². The first kappa shape index (κ1) is 18.4. The molecule has 1 amide bonds. The maximum atomic E-state index is 13.2. The molecule has 1 atom stereocenters. The molecule has 0 spiro atoms. The zero-order chi connectivity index (χ0) is 20.1. The van der Waals surface area contributed by atoms with Crippen LogP contribution in [0.1, 0.15) is 33.9 Å². The van der Waals surface area contributed by atoms with Crippen LogP contribution in [-0.4, -0.2) is 32.5 Å². The van der Waals surface area contributed by atoms with E-state index in [9.17, 15) is 18.0 Å². The van der Waals surface area contributed by atoms with Crippen molar-refractivity contribution >= 4 is 22.9 Å². The lowest BCUT2D eigenvalue weighted by Gasteiger charge is -2.20. The van der Waals surface area contributed by atoms with Gasteiger partial charge < -0.3 is 5.32 Å². The molecule has 1 saturated carbocycles. The van der Waals surface area contributed by atoms with E-state index in [0.717, 1.165) is 0 Å². The molecule has 0 radical (unpaired) electrons. The fourth-order valence-electron chi connectivity index (χ4n) is 3.06. The third-order valence-corrected chi connectivity index (χ3v) is 5.48. The van der Waals surface area contributed by atoms with Crippen LogP contribution in [-0.2, 0) is 0 Å². The fourth-order valence-corrected chi connectivity index (χ4v) is 3.75. The second kappa shape index (κ2) is 6.60. The zero-order valence-electron chi connectivity index (χ0n) is 14.6. The van der Waals surface area contributed by atoms with Crippen LogP contribution in [0.5, 0.6) is 0 Å². The number of aryl methyl sites for hydroxylation is 1. The van der Waals surface area contributed by atoms with Crippen molar-refractivity contribution in [3.63, 3.8) is 0 Å². The number of imidazole rings is 1. The van der Waals surface area contributed by atoms with Gasteiger partial charge in [-0.05, 0) is 37.8 Å². The second-order valence-electron chi connectivity index (χ2n) is 6.71. The molecule has 0 bridgehead atoms. The van der Waals surface area contributed by atoms with Gasteiger partial charge in [-0.2, -0.15) is 18.4 Å². The Balaban J connectivity index is 1.71. The molecule has 3 heterocycles. The molecule has 0 aromatic carbocycles. The van der Waals surface area contributed by atoms with Gasteiger partial charge in [0.25, 0.3) is 5.91 Å². The van der Waals surface area contributed by atoms with E-state index in [2.05, 4.69) is 15.3 Å². The minimum absolute atomic E-state index is 0.157. The average molecular weight is 405 g/mol. The van der Waals surface area contributed by atoms with Crippen LogP contribution in [0.3, 0.4) is 0 Å². The quantitative estimate of drug-likeness (QED) is 0.717. The van der Waals surface area contributed by atoms with E-state index in [1.54, 1.807) is 28.8 Å². The number of fused-ring (bicyclic) bond motifs is 1. The zero-order valence-corrected chi connectivity index (χ0v) is 15.4. The Morgan fingerprint density at radius 2 is 2.18 bits per heavy atom. The van der Waals surface area contributed by atoms with E-state index in [0.29, 0.717) is 34.7 Å². The molecule has 1 fully saturated rings. The Labute approximate surface area is 161 Å². The van der Waals surface area contributed by atoms with Crippen molar-refractivity contribution in [2.45, 2.75) is 32.0 Å². The average Bonchev–Trinajstić information content (AvgIpc) is 3.18. The van der Waals surface area contributed by atoms with E-state index < -0.39 is 24.0 Å². The highest BCUT2D eigenvalue weighted by Gasteiger charge is 2.50. The minimum atomic E-state index is -4.51. The Hall–Kier alpha value is -2.93. The second-order valence-corrected chi connectivity index (χ2v) is 7.62. The molecule has 1 unspecified atom stereocenters. The molecule has 3 aromatic rings. The van der Waals surface area contributed by atoms with Crippen LogP contribution in [0, 0.1) is 24.2 Å². The van der Waals surface area contributed by atoms with Gasteiger partial charge in [-0.3, -0.25) is 9.20 Å². The molecular weight excluding hydrogens is 391 g/mol. The Morgan fingerprint density at radius 3 is 2.79 bits per heavy atom. The number of amides is 1. The number of carbonyl (C=O) groups is 1. The lowest BCUT2D eigenvalue weighted by atomic mass is 10.1. The molecule has 10 heteroatoms. The van der Waals surface area contributed by atoms with Crippen LogP contribution in [0.15, 0.2) is 23.8 Å². The maximum Gasteiger partial charge on any atom is 0.408 e. The van der Waals surface area contributed by atoms with Gasteiger partial charge in [-0.1, -0.05) is 0 Å². The largest absolute Gasteiger partial charge is 0.408 e. The summed E-state index contributed by atoms with van der Waals surface area (Å²) in [5, 5.41) is 12.8. The number of carbonyl (C=O) groups excluding carboxylic acids is 1. The molecule has 144 valence electrons. The van der Waals surface area contributed by atoms with Crippen LogP contribution in [0.2, 0.25) is 0 Å². The monoisotopic (exact) mass is 405 g/mol. The number of nitrogens with zero attached hydrogens (tertiary/aromatic N) is 4. The summed E-state index contributed by atoms with van der Waals surface area (Å²) in [7, 11) is 0. The number of thiophene rings is 1. The van der Waals surface area contributed by atoms with Gasteiger partial charge in [0.15, 0.2) is 11.3 Å². The summed E-state index contributed by atoms with van der Waals surface area (Å²) in [6, 6.07) is 3.61. The van der Waals surface area contributed by atoms with Gasteiger partial charge in [0.05, 0.1) is 5.69 Å². The standard InChI is InChI=1S/C18H14F3N5OS/c1-9-4-13(11-5-12(6-22)28-7-11)24-16-14(23-8-26(9)16)17(27)25-15(10-2-3-10)18(19,20)21/h4-5,7-8,10,15H,2-3H2,1H3,(H,25,27). The molecule has 28 heavy (non-hydrogen) atoms. The van der Waals surface area contributed by atoms with E-state index in [4.69, 9.17) is 5.26 Å². The van der Waals surface area contributed by atoms with Gasteiger partial charge in [-0.15, -0.1) is 11.3 Å². The number of rotatable bonds is 4. The van der Waals surface area contributed by atoms with Gasteiger partial charge in [0.2, 0.25) is 0 Å². The molecule has 1 N–H and O–H groups in total. The first-order valence-corrected chi connectivity index (χ1v) is 9.37. The van der Waals surface area contributed by atoms with E-state index >= 15 is 0 Å². The molecule has 0 aliphatic heterocycles. The summed E-state index contributed by atoms with van der Waals surface area (Å²) >= 11 is 1.26. The van der Waals surface area contributed by atoms with Gasteiger partial charge >= 0.3 is 6.18 Å². The molecule has 6 nitrogen and oxygen atoms in total. The summed E-state index contributed by atoms with van der Waals surface area (Å²) in [6.45, 7) is 1.78. The lowest BCUT2D eigenvalue weighted by molar-refractivity contribution is -0.158. The van der Waals surface area contributed by atoms with Gasteiger partial charge in [0, 0.05) is 16.6 Å². The molecule has 4 rings (SSSR count). The van der Waals surface area contributed by atoms with Crippen molar-refractivity contribution in [3.8, 4) is 17.3 Å². The molecule has 3 aromatic heterocycles. The Kier molecular flexibility index (Phi) is 4.34. The van der Waals surface area contributed by atoms with Gasteiger partial charge in [-0.25, -0.2) is 9.97 Å². The third kappa shape index (κ3) is 3.33. The van der Waals surface area contributed by atoms with Crippen molar-refractivity contribution < 1.29 is 18.0 Å². The summed E-state index contributed by atoms with van der Waals surface area (Å²) in [4.78, 5) is 21.5. The van der Waals surface area contributed by atoms with Gasteiger partial charge in [0.1, 0.15) is 23.3 Å². The number of halogens is 3. The predicted molar refractivity (Wildman–Crippen MR) is 95.8 cm³/mol. The lowest BCUT2D eigenvalue weighted by Crippen LogP contribution is -2.47. The Morgan fingerprint density at radius 1 is 1.43 bits per heavy atom. The van der Waals surface area contributed by atoms with Crippen LogP contribution in [0.25, 0.3) is 16.9 Å². The first-order chi connectivity index (χ1) is 13.3. The first-order valence-electron chi connectivity index (χ1n) is 8.49. The van der Waals surface area contributed by atoms with Crippen molar-refractivity contribution in [3.05, 3.63) is 40.1 Å². The molecule has 1 aliphatic carbocycles.